The molecule has 4 rings (SSSR count). The molecule has 0 radical (unpaired) electrons. The van der Waals surface area contributed by atoms with Gasteiger partial charge < -0.3 is 10.1 Å². The van der Waals surface area contributed by atoms with E-state index in [4.69, 9.17) is 4.74 Å². The normalized spacial score (nSPS) is 18.5. The second-order valence-corrected chi connectivity index (χ2v) is 5.67. The van der Waals surface area contributed by atoms with E-state index in [9.17, 15) is 0 Å². The minimum atomic E-state index is 0.0826. The molecule has 1 unspecified atom stereocenters. The van der Waals surface area contributed by atoms with Crippen LogP contribution >= 0.6 is 0 Å². The van der Waals surface area contributed by atoms with Crippen molar-refractivity contribution in [1.29, 1.82) is 0 Å². The van der Waals surface area contributed by atoms with Crippen LogP contribution in [0, 0.1) is 0 Å². The van der Waals surface area contributed by atoms with Gasteiger partial charge in [0.15, 0.2) is 6.23 Å². The minimum absolute atomic E-state index is 0.0826. The third kappa shape index (κ3) is 2.57. The number of hydrogen-bond donors (Lipinski definition) is 1. The van der Waals surface area contributed by atoms with Crippen LogP contribution in [0.5, 0.6) is 0 Å². The van der Waals surface area contributed by atoms with Gasteiger partial charge in [-0.2, -0.15) is 5.10 Å². The summed E-state index contributed by atoms with van der Waals surface area (Å²) in [7, 11) is 0. The first-order chi connectivity index (χ1) is 10.9. The van der Waals surface area contributed by atoms with E-state index < -0.39 is 0 Å². The highest BCUT2D eigenvalue weighted by Crippen LogP contribution is 2.28. The molecule has 1 fully saturated rings. The van der Waals surface area contributed by atoms with Crippen molar-refractivity contribution in [2.75, 3.05) is 11.9 Å². The van der Waals surface area contributed by atoms with E-state index in [1.807, 2.05) is 29.1 Å². The van der Waals surface area contributed by atoms with E-state index in [0.29, 0.717) is 0 Å². The van der Waals surface area contributed by atoms with Crippen molar-refractivity contribution in [2.24, 2.45) is 0 Å². The Morgan fingerprint density at radius 2 is 1.95 bits per heavy atom. The Bertz CT molecular complexity index is 760. The fourth-order valence-corrected chi connectivity index (χ4v) is 2.97. The summed E-state index contributed by atoms with van der Waals surface area (Å²) in [4.78, 5) is 0. The van der Waals surface area contributed by atoms with Gasteiger partial charge in [0.2, 0.25) is 0 Å². The van der Waals surface area contributed by atoms with Gasteiger partial charge in [-0.25, -0.2) is 4.68 Å². The molecule has 2 heterocycles. The predicted molar refractivity (Wildman–Crippen MR) is 88.3 cm³/mol. The Morgan fingerprint density at radius 1 is 1.05 bits per heavy atom. The molecule has 0 bridgehead atoms. The lowest BCUT2D eigenvalue weighted by atomic mass is 10.2. The fraction of sp³-hybridized carbons (Fsp3) is 0.278. The van der Waals surface area contributed by atoms with Crippen molar-refractivity contribution in [2.45, 2.75) is 25.5 Å². The summed E-state index contributed by atoms with van der Waals surface area (Å²) in [6.07, 6.45) is 5.41. The fourth-order valence-electron chi connectivity index (χ4n) is 2.97. The number of anilines is 2. The van der Waals surface area contributed by atoms with Gasteiger partial charge in [-0.3, -0.25) is 0 Å². The maximum Gasteiger partial charge on any atom is 0.150 e. The first-order valence-electron chi connectivity index (χ1n) is 7.81. The van der Waals surface area contributed by atoms with E-state index in [2.05, 4.69) is 40.7 Å². The van der Waals surface area contributed by atoms with Crippen LogP contribution in [0.2, 0.25) is 0 Å². The minimum Gasteiger partial charge on any atom is -0.356 e. The lowest BCUT2D eigenvalue weighted by Crippen LogP contribution is -2.18. The third-order valence-electron chi connectivity index (χ3n) is 4.09. The van der Waals surface area contributed by atoms with Gasteiger partial charge in [0, 0.05) is 23.4 Å². The number of benzene rings is 2. The Kier molecular flexibility index (Phi) is 3.52. The van der Waals surface area contributed by atoms with Crippen molar-refractivity contribution in [3.8, 4) is 0 Å². The summed E-state index contributed by atoms with van der Waals surface area (Å²) in [6.45, 7) is 0.833. The van der Waals surface area contributed by atoms with Crippen molar-refractivity contribution >= 4 is 22.3 Å². The summed E-state index contributed by atoms with van der Waals surface area (Å²) in [5, 5.41) is 9.08. The summed E-state index contributed by atoms with van der Waals surface area (Å²) >= 11 is 0. The largest absolute Gasteiger partial charge is 0.356 e. The van der Waals surface area contributed by atoms with Crippen LogP contribution in [0.25, 0.3) is 10.9 Å². The monoisotopic (exact) mass is 293 g/mol. The highest BCUT2D eigenvalue weighted by Gasteiger charge is 2.18. The summed E-state index contributed by atoms with van der Waals surface area (Å²) in [5.74, 6) is 0. The molecule has 0 aliphatic carbocycles. The standard InChI is InChI=1S/C18H19N3O/c1-2-6-15(7-3-1)20-16-9-10-17-14(12-16)13-19-21(17)18-8-4-5-11-22-18/h1-3,6-7,9-10,12-13,18,20H,4-5,8,11H2. The second-order valence-electron chi connectivity index (χ2n) is 5.67. The smallest absolute Gasteiger partial charge is 0.150 e. The molecule has 0 spiro atoms. The van der Waals surface area contributed by atoms with Gasteiger partial charge in [0.1, 0.15) is 0 Å². The highest BCUT2D eigenvalue weighted by molar-refractivity contribution is 5.83. The molecule has 112 valence electrons. The molecule has 1 atom stereocenters. The molecule has 1 N–H and O–H groups in total. The number of hydrogen-bond acceptors (Lipinski definition) is 3. The average molecular weight is 293 g/mol. The maximum absolute atomic E-state index is 5.84. The first kappa shape index (κ1) is 13.3. The summed E-state index contributed by atoms with van der Waals surface area (Å²) in [5.41, 5.74) is 3.29. The van der Waals surface area contributed by atoms with E-state index in [0.717, 1.165) is 41.7 Å². The molecule has 0 amide bonds. The number of aromatic nitrogens is 2. The molecule has 1 aromatic heterocycles. The molecule has 22 heavy (non-hydrogen) atoms. The number of rotatable bonds is 3. The highest BCUT2D eigenvalue weighted by atomic mass is 16.5. The van der Waals surface area contributed by atoms with Gasteiger partial charge in [-0.1, -0.05) is 18.2 Å². The molecule has 0 saturated carbocycles. The molecule has 3 aromatic rings. The summed E-state index contributed by atoms with van der Waals surface area (Å²) < 4.78 is 7.86. The van der Waals surface area contributed by atoms with E-state index in [-0.39, 0.29) is 6.23 Å². The zero-order valence-electron chi connectivity index (χ0n) is 12.4. The predicted octanol–water partition coefficient (Wildman–Crippen LogP) is 4.48. The topological polar surface area (TPSA) is 39.1 Å². The van der Waals surface area contributed by atoms with E-state index in [1.165, 1.54) is 6.42 Å². The van der Waals surface area contributed by atoms with Gasteiger partial charge in [0.05, 0.1) is 11.7 Å². The van der Waals surface area contributed by atoms with Gasteiger partial charge in [0.25, 0.3) is 0 Å². The quantitative estimate of drug-likeness (QED) is 0.774. The van der Waals surface area contributed by atoms with Crippen LogP contribution in [0.3, 0.4) is 0 Å². The average Bonchev–Trinajstić information content (AvgIpc) is 3.00. The van der Waals surface area contributed by atoms with Crippen LogP contribution in [-0.4, -0.2) is 16.4 Å². The molecular weight excluding hydrogens is 274 g/mol. The molecule has 1 aliphatic heterocycles. The van der Waals surface area contributed by atoms with Crippen LogP contribution in [-0.2, 0) is 4.74 Å². The first-order valence-corrected chi connectivity index (χ1v) is 7.81. The zero-order chi connectivity index (χ0) is 14.8. The number of para-hydroxylation sites is 1. The Morgan fingerprint density at radius 3 is 2.77 bits per heavy atom. The van der Waals surface area contributed by atoms with Crippen molar-refractivity contribution < 1.29 is 4.74 Å². The van der Waals surface area contributed by atoms with Crippen molar-refractivity contribution in [1.82, 2.24) is 9.78 Å². The molecule has 4 heteroatoms. The Labute approximate surface area is 129 Å². The molecule has 4 nitrogen and oxygen atoms in total. The van der Waals surface area contributed by atoms with Crippen molar-refractivity contribution in [3.63, 3.8) is 0 Å². The van der Waals surface area contributed by atoms with E-state index in [1.54, 1.807) is 0 Å². The van der Waals surface area contributed by atoms with Crippen molar-refractivity contribution in [3.05, 3.63) is 54.7 Å². The Hall–Kier alpha value is -2.33. The second kappa shape index (κ2) is 5.81. The van der Waals surface area contributed by atoms with Gasteiger partial charge >= 0.3 is 0 Å². The maximum atomic E-state index is 5.84. The Balaban J connectivity index is 1.62. The molecule has 1 aliphatic rings. The van der Waals surface area contributed by atoms with Crippen LogP contribution in [0.1, 0.15) is 25.5 Å². The van der Waals surface area contributed by atoms with Crippen LogP contribution < -0.4 is 5.32 Å². The van der Waals surface area contributed by atoms with Crippen LogP contribution in [0.15, 0.2) is 54.7 Å². The number of nitrogens with zero attached hydrogens (tertiary/aromatic N) is 2. The van der Waals surface area contributed by atoms with Gasteiger partial charge in [-0.15, -0.1) is 0 Å². The number of fused-ring (bicyclic) bond motifs is 1. The molecule has 1 saturated heterocycles. The van der Waals surface area contributed by atoms with Gasteiger partial charge in [-0.05, 0) is 49.6 Å². The number of ether oxygens (including phenoxy) is 1. The van der Waals surface area contributed by atoms with Crippen LogP contribution in [0.4, 0.5) is 11.4 Å². The molecular formula is C18H19N3O. The third-order valence-corrected chi connectivity index (χ3v) is 4.09. The molecule has 2 aromatic carbocycles. The number of nitrogens with one attached hydrogen (secondary N) is 1. The zero-order valence-corrected chi connectivity index (χ0v) is 12.4. The SMILES string of the molecule is c1ccc(Nc2ccc3c(cnn3C3CCCCO3)c2)cc1. The van der Waals surface area contributed by atoms with E-state index >= 15 is 0 Å². The lowest BCUT2D eigenvalue weighted by Gasteiger charge is -2.23. The lowest BCUT2D eigenvalue weighted by molar-refractivity contribution is -0.0366. The summed E-state index contributed by atoms with van der Waals surface area (Å²) in [6, 6.07) is 16.5.